The highest BCUT2D eigenvalue weighted by Gasteiger charge is 2.54. The molecule has 0 unspecified atom stereocenters. The number of carbonyl (C=O) groups excluding carboxylic acids is 1. The van der Waals surface area contributed by atoms with E-state index in [1.165, 1.54) is 23.5 Å². The summed E-state index contributed by atoms with van der Waals surface area (Å²) in [6.07, 6.45) is 2.32. The van der Waals surface area contributed by atoms with Gasteiger partial charge in [0.15, 0.2) is 20.7 Å². The number of halogens is 1. The number of aromatic nitrogens is 2. The maximum Gasteiger partial charge on any atom is 0.238 e. The number of sulfone groups is 1. The maximum atomic E-state index is 14.0. The number of hydrogen-bond donors (Lipinski definition) is 1. The highest BCUT2D eigenvalue weighted by atomic mass is 32.2. The molecule has 1 aliphatic carbocycles. The quantitative estimate of drug-likeness (QED) is 0.483. The number of anilines is 1. The standard InChI is InChI=1S/C21H16FN3O4S2/c1-31(27,28)12-6-7-15-17(10-12)30-20(23-15)24-19(26)21(8-9-21)18-11-16(29-25-18)13-4-2-3-5-14(13)22/h2-7,10-11H,8-9H2,1H3,(H,23,24,26). The number of thiazole rings is 1. The smallest absolute Gasteiger partial charge is 0.238 e. The highest BCUT2D eigenvalue weighted by Crippen LogP contribution is 2.49. The molecular weight excluding hydrogens is 441 g/mol. The van der Waals surface area contributed by atoms with Crippen molar-refractivity contribution >= 4 is 42.4 Å². The Morgan fingerprint density at radius 3 is 2.68 bits per heavy atom. The van der Waals surface area contributed by atoms with E-state index < -0.39 is 21.1 Å². The summed E-state index contributed by atoms with van der Waals surface area (Å²) in [7, 11) is -3.33. The van der Waals surface area contributed by atoms with E-state index in [2.05, 4.69) is 15.5 Å². The van der Waals surface area contributed by atoms with Crippen molar-refractivity contribution in [2.45, 2.75) is 23.2 Å². The molecule has 1 amide bonds. The minimum atomic E-state index is -3.33. The summed E-state index contributed by atoms with van der Waals surface area (Å²) in [6.45, 7) is 0. The van der Waals surface area contributed by atoms with Gasteiger partial charge in [0, 0.05) is 12.3 Å². The van der Waals surface area contributed by atoms with Crippen LogP contribution in [-0.2, 0) is 20.0 Å². The Kier molecular flexibility index (Phi) is 4.45. The fourth-order valence-corrected chi connectivity index (χ4v) is 5.04. The maximum absolute atomic E-state index is 14.0. The molecule has 0 aliphatic heterocycles. The van der Waals surface area contributed by atoms with Crippen LogP contribution in [-0.4, -0.2) is 30.7 Å². The Morgan fingerprint density at radius 1 is 1.19 bits per heavy atom. The highest BCUT2D eigenvalue weighted by molar-refractivity contribution is 7.90. The minimum Gasteiger partial charge on any atom is -0.356 e. The molecule has 0 radical (unpaired) electrons. The van der Waals surface area contributed by atoms with E-state index in [1.54, 1.807) is 36.4 Å². The first-order chi connectivity index (χ1) is 14.8. The number of amides is 1. The molecule has 4 aromatic rings. The van der Waals surface area contributed by atoms with Crippen molar-refractivity contribution in [3.63, 3.8) is 0 Å². The van der Waals surface area contributed by atoms with Crippen LogP contribution < -0.4 is 5.32 Å². The van der Waals surface area contributed by atoms with Crippen LogP contribution in [0.1, 0.15) is 18.5 Å². The summed E-state index contributed by atoms with van der Waals surface area (Å²) >= 11 is 1.20. The van der Waals surface area contributed by atoms with E-state index in [4.69, 9.17) is 4.52 Å². The van der Waals surface area contributed by atoms with Gasteiger partial charge in [0.05, 0.1) is 31.8 Å². The van der Waals surface area contributed by atoms with Gasteiger partial charge in [-0.25, -0.2) is 17.8 Å². The predicted octanol–water partition coefficient (Wildman–Crippen LogP) is 4.16. The lowest BCUT2D eigenvalue weighted by Gasteiger charge is -2.10. The van der Waals surface area contributed by atoms with Gasteiger partial charge in [0.1, 0.15) is 5.82 Å². The van der Waals surface area contributed by atoms with Gasteiger partial charge in [-0.05, 0) is 43.2 Å². The van der Waals surface area contributed by atoms with Crippen molar-refractivity contribution in [1.82, 2.24) is 10.1 Å². The number of carbonyl (C=O) groups is 1. The summed E-state index contributed by atoms with van der Waals surface area (Å²) in [5, 5.41) is 7.21. The number of benzene rings is 2. The first-order valence-electron chi connectivity index (χ1n) is 9.40. The summed E-state index contributed by atoms with van der Waals surface area (Å²) in [6, 6.07) is 12.5. The number of nitrogens with one attached hydrogen (secondary N) is 1. The van der Waals surface area contributed by atoms with Crippen LogP contribution >= 0.6 is 11.3 Å². The summed E-state index contributed by atoms with van der Waals surface area (Å²) in [4.78, 5) is 17.6. The third kappa shape index (κ3) is 3.51. The molecule has 1 aliphatic rings. The normalized spacial score (nSPS) is 15.2. The van der Waals surface area contributed by atoms with Gasteiger partial charge in [-0.15, -0.1) is 0 Å². The van der Waals surface area contributed by atoms with E-state index in [9.17, 15) is 17.6 Å². The number of fused-ring (bicyclic) bond motifs is 1. The van der Waals surface area contributed by atoms with Crippen LogP contribution in [0, 0.1) is 5.82 Å². The van der Waals surface area contributed by atoms with Gasteiger partial charge in [-0.3, -0.25) is 4.79 Å². The van der Waals surface area contributed by atoms with Crippen molar-refractivity contribution in [1.29, 1.82) is 0 Å². The van der Waals surface area contributed by atoms with Crippen molar-refractivity contribution in [3.05, 3.63) is 60.0 Å². The average Bonchev–Trinajstić information content (AvgIpc) is 3.21. The fourth-order valence-electron chi connectivity index (χ4n) is 3.42. The predicted molar refractivity (Wildman–Crippen MR) is 114 cm³/mol. The Balaban J connectivity index is 1.40. The van der Waals surface area contributed by atoms with Crippen molar-refractivity contribution in [2.24, 2.45) is 0 Å². The second kappa shape index (κ2) is 6.96. The lowest BCUT2D eigenvalue weighted by atomic mass is 10.0. The number of hydrogen-bond acceptors (Lipinski definition) is 7. The van der Waals surface area contributed by atoms with Gasteiger partial charge in [-0.1, -0.05) is 28.6 Å². The molecule has 31 heavy (non-hydrogen) atoms. The Hall–Kier alpha value is -3.11. The molecule has 0 saturated heterocycles. The Morgan fingerprint density at radius 2 is 1.97 bits per heavy atom. The fraction of sp³-hybridized carbons (Fsp3) is 0.190. The second-order valence-electron chi connectivity index (χ2n) is 7.51. The lowest BCUT2D eigenvalue weighted by molar-refractivity contribution is -0.118. The molecule has 1 N–H and O–H groups in total. The second-order valence-corrected chi connectivity index (χ2v) is 10.6. The zero-order chi connectivity index (χ0) is 21.8. The van der Waals surface area contributed by atoms with Crippen LogP contribution in [0.2, 0.25) is 0 Å². The van der Waals surface area contributed by atoms with E-state index in [1.807, 2.05) is 0 Å². The Bertz CT molecular complexity index is 1440. The van der Waals surface area contributed by atoms with Crippen LogP contribution in [0.4, 0.5) is 9.52 Å². The molecule has 158 valence electrons. The molecule has 0 atom stereocenters. The van der Waals surface area contributed by atoms with Gasteiger partial charge in [0.2, 0.25) is 5.91 Å². The third-order valence-electron chi connectivity index (χ3n) is 5.33. The number of nitrogens with zero attached hydrogens (tertiary/aromatic N) is 2. The topological polar surface area (TPSA) is 102 Å². The molecule has 2 heterocycles. The van der Waals surface area contributed by atoms with Crippen LogP contribution in [0.15, 0.2) is 57.9 Å². The SMILES string of the molecule is CS(=O)(=O)c1ccc2nc(NC(=O)C3(c4cc(-c5ccccc5F)on4)CC3)sc2c1. The van der Waals surface area contributed by atoms with E-state index >= 15 is 0 Å². The summed E-state index contributed by atoms with van der Waals surface area (Å²) in [5.74, 6) is -0.439. The summed E-state index contributed by atoms with van der Waals surface area (Å²) < 4.78 is 43.5. The molecule has 2 aromatic heterocycles. The van der Waals surface area contributed by atoms with Gasteiger partial charge in [0.25, 0.3) is 0 Å². The van der Waals surface area contributed by atoms with E-state index in [0.717, 1.165) is 6.26 Å². The van der Waals surface area contributed by atoms with Crippen LogP contribution in [0.3, 0.4) is 0 Å². The number of rotatable bonds is 5. The first-order valence-corrected chi connectivity index (χ1v) is 12.1. The molecule has 5 rings (SSSR count). The van der Waals surface area contributed by atoms with Crippen molar-refractivity contribution in [3.8, 4) is 11.3 Å². The molecular formula is C21H16FN3O4S2. The van der Waals surface area contributed by atoms with Gasteiger partial charge in [-0.2, -0.15) is 0 Å². The Labute approximate surface area is 180 Å². The van der Waals surface area contributed by atoms with E-state index in [0.29, 0.717) is 33.9 Å². The first kappa shape index (κ1) is 19.8. The minimum absolute atomic E-state index is 0.198. The average molecular weight is 458 g/mol. The van der Waals surface area contributed by atoms with Crippen LogP contribution in [0.25, 0.3) is 21.5 Å². The molecule has 2 aromatic carbocycles. The van der Waals surface area contributed by atoms with Gasteiger partial charge >= 0.3 is 0 Å². The molecule has 10 heteroatoms. The molecule has 0 bridgehead atoms. The monoisotopic (exact) mass is 457 g/mol. The summed E-state index contributed by atoms with van der Waals surface area (Å²) in [5.41, 5.74) is 0.484. The largest absolute Gasteiger partial charge is 0.356 e. The lowest BCUT2D eigenvalue weighted by Crippen LogP contribution is -2.28. The zero-order valence-corrected chi connectivity index (χ0v) is 17.9. The van der Waals surface area contributed by atoms with Crippen molar-refractivity contribution < 1.29 is 22.1 Å². The molecule has 0 spiro atoms. The van der Waals surface area contributed by atoms with Crippen molar-refractivity contribution in [2.75, 3.05) is 11.6 Å². The zero-order valence-electron chi connectivity index (χ0n) is 16.3. The molecule has 7 nitrogen and oxygen atoms in total. The van der Waals surface area contributed by atoms with Crippen LogP contribution in [0.5, 0.6) is 0 Å². The molecule has 1 saturated carbocycles. The third-order valence-corrected chi connectivity index (χ3v) is 7.38. The van der Waals surface area contributed by atoms with E-state index in [-0.39, 0.29) is 22.1 Å². The molecule has 1 fully saturated rings. The van der Waals surface area contributed by atoms with Gasteiger partial charge < -0.3 is 9.84 Å².